The number of nitrogens with zero attached hydrogens (tertiary/aromatic N) is 1. The van der Waals surface area contributed by atoms with Crippen LogP contribution in [0.15, 0.2) is 24.3 Å². The molecule has 27 heavy (non-hydrogen) atoms. The van der Waals surface area contributed by atoms with E-state index < -0.39 is 6.10 Å². The highest BCUT2D eigenvalue weighted by Gasteiger charge is 2.20. The zero-order chi connectivity index (χ0) is 19.9. The molecule has 5 heteroatoms. The summed E-state index contributed by atoms with van der Waals surface area (Å²) >= 11 is 3.57. The van der Waals surface area contributed by atoms with E-state index in [-0.39, 0.29) is 5.97 Å². The fourth-order valence-electron chi connectivity index (χ4n) is 3.08. The van der Waals surface area contributed by atoms with Crippen LogP contribution in [0.5, 0.6) is 0 Å². The Labute approximate surface area is 173 Å². The van der Waals surface area contributed by atoms with Gasteiger partial charge in [-0.2, -0.15) is 0 Å². The summed E-state index contributed by atoms with van der Waals surface area (Å²) in [6, 6.07) is 8.49. The summed E-state index contributed by atoms with van der Waals surface area (Å²) in [5, 5.41) is 0.957. The van der Waals surface area contributed by atoms with Gasteiger partial charge in [-0.1, -0.05) is 60.7 Å². The van der Waals surface area contributed by atoms with Crippen molar-refractivity contribution in [1.29, 1.82) is 0 Å². The monoisotopic (exact) mass is 441 g/mol. The average Bonchev–Trinajstić information content (AvgIpc) is 2.67. The van der Waals surface area contributed by atoms with Gasteiger partial charge < -0.3 is 14.4 Å². The maximum absolute atomic E-state index is 12.0. The van der Waals surface area contributed by atoms with Gasteiger partial charge in [0.15, 0.2) is 6.10 Å². The van der Waals surface area contributed by atoms with Crippen molar-refractivity contribution in [3.63, 3.8) is 0 Å². The summed E-state index contributed by atoms with van der Waals surface area (Å²) in [7, 11) is 0. The molecule has 1 unspecified atom stereocenters. The summed E-state index contributed by atoms with van der Waals surface area (Å²) in [4.78, 5) is 14.5. The van der Waals surface area contributed by atoms with Gasteiger partial charge in [0.2, 0.25) is 0 Å². The molecule has 0 N–H and O–H groups in total. The molecule has 0 spiro atoms. The molecule has 1 aromatic carbocycles. The zero-order valence-corrected chi connectivity index (χ0v) is 18.8. The summed E-state index contributed by atoms with van der Waals surface area (Å²) in [5.74, 6) is -0.281. The molecule has 0 aliphatic carbocycles. The number of benzene rings is 1. The van der Waals surface area contributed by atoms with Crippen molar-refractivity contribution in [2.75, 3.05) is 36.5 Å². The second kappa shape index (κ2) is 14.9. The van der Waals surface area contributed by atoms with E-state index in [2.05, 4.69) is 52.0 Å². The molecule has 4 nitrogen and oxygen atoms in total. The largest absolute Gasteiger partial charge is 0.464 e. The summed E-state index contributed by atoms with van der Waals surface area (Å²) < 4.78 is 10.7. The molecule has 0 saturated heterocycles. The van der Waals surface area contributed by atoms with Gasteiger partial charge in [0, 0.05) is 37.1 Å². The summed E-state index contributed by atoms with van der Waals surface area (Å²) in [6.07, 6.45) is 6.46. The van der Waals surface area contributed by atoms with E-state index >= 15 is 0 Å². The van der Waals surface area contributed by atoms with Gasteiger partial charge in [-0.25, -0.2) is 4.79 Å². The molecule has 0 heterocycles. The SMILES string of the molecule is CCCCCCCN(CCBr)c1ccc(CC(OCC)C(=O)OCC)cc1. The average molecular weight is 442 g/mol. The Morgan fingerprint density at radius 3 is 2.30 bits per heavy atom. The number of anilines is 1. The van der Waals surface area contributed by atoms with Gasteiger partial charge in [-0.05, 0) is 38.0 Å². The van der Waals surface area contributed by atoms with E-state index in [0.29, 0.717) is 19.6 Å². The highest BCUT2D eigenvalue weighted by atomic mass is 79.9. The topological polar surface area (TPSA) is 38.8 Å². The van der Waals surface area contributed by atoms with Crippen LogP contribution in [-0.4, -0.2) is 43.7 Å². The third-order valence-corrected chi connectivity index (χ3v) is 4.88. The van der Waals surface area contributed by atoms with Crippen molar-refractivity contribution in [1.82, 2.24) is 0 Å². The van der Waals surface area contributed by atoms with Crippen LogP contribution in [0.2, 0.25) is 0 Å². The lowest BCUT2D eigenvalue weighted by Crippen LogP contribution is -2.29. The first-order chi connectivity index (χ1) is 13.2. The van der Waals surface area contributed by atoms with Gasteiger partial charge in [-0.15, -0.1) is 0 Å². The van der Waals surface area contributed by atoms with Gasteiger partial charge in [0.05, 0.1) is 6.61 Å². The van der Waals surface area contributed by atoms with Crippen LogP contribution in [0.25, 0.3) is 0 Å². The lowest BCUT2D eigenvalue weighted by Gasteiger charge is -2.24. The molecular weight excluding hydrogens is 406 g/mol. The Kier molecular flexibility index (Phi) is 13.2. The Balaban J connectivity index is 2.65. The van der Waals surface area contributed by atoms with Crippen LogP contribution in [0.3, 0.4) is 0 Å². The molecule has 0 aromatic heterocycles. The normalized spacial score (nSPS) is 12.0. The minimum atomic E-state index is -0.530. The number of unbranched alkanes of at least 4 members (excludes halogenated alkanes) is 4. The van der Waals surface area contributed by atoms with Crippen molar-refractivity contribution >= 4 is 27.6 Å². The fraction of sp³-hybridized carbons (Fsp3) is 0.682. The predicted molar refractivity (Wildman–Crippen MR) is 117 cm³/mol. The molecule has 0 radical (unpaired) electrons. The lowest BCUT2D eigenvalue weighted by atomic mass is 10.1. The van der Waals surface area contributed by atoms with Gasteiger partial charge in [0.25, 0.3) is 0 Å². The van der Waals surface area contributed by atoms with E-state index in [4.69, 9.17) is 9.47 Å². The Morgan fingerprint density at radius 2 is 1.70 bits per heavy atom. The number of alkyl halides is 1. The molecule has 1 aromatic rings. The quantitative estimate of drug-likeness (QED) is 0.208. The number of carbonyl (C=O) groups is 1. The third-order valence-electron chi connectivity index (χ3n) is 4.53. The van der Waals surface area contributed by atoms with Gasteiger partial charge in [0.1, 0.15) is 0 Å². The standard InChI is InChI=1S/C22H36BrNO3/c1-4-7-8-9-10-16-24(17-15-23)20-13-11-19(12-14-20)18-21(26-5-2)22(25)27-6-3/h11-14,21H,4-10,15-18H2,1-3H3. The molecule has 0 bridgehead atoms. The number of hydrogen-bond acceptors (Lipinski definition) is 4. The summed E-state index contributed by atoms with van der Waals surface area (Å²) in [6.45, 7) is 8.91. The van der Waals surface area contributed by atoms with Crippen LogP contribution in [0.4, 0.5) is 5.69 Å². The maximum atomic E-state index is 12.0. The number of esters is 1. The van der Waals surface area contributed by atoms with Crippen molar-refractivity contribution in [3.05, 3.63) is 29.8 Å². The number of hydrogen-bond donors (Lipinski definition) is 0. The maximum Gasteiger partial charge on any atom is 0.335 e. The molecule has 0 amide bonds. The third kappa shape index (κ3) is 9.61. The van der Waals surface area contributed by atoms with Crippen LogP contribution in [0, 0.1) is 0 Å². The molecule has 0 fully saturated rings. The number of carbonyl (C=O) groups excluding carboxylic acids is 1. The highest BCUT2D eigenvalue weighted by molar-refractivity contribution is 9.09. The predicted octanol–water partition coefficient (Wildman–Crippen LogP) is 5.37. The molecule has 1 rings (SSSR count). The highest BCUT2D eigenvalue weighted by Crippen LogP contribution is 2.18. The molecule has 1 atom stereocenters. The first-order valence-corrected chi connectivity index (χ1v) is 11.5. The van der Waals surface area contributed by atoms with E-state index in [1.54, 1.807) is 0 Å². The van der Waals surface area contributed by atoms with E-state index in [1.165, 1.54) is 37.8 Å². The lowest BCUT2D eigenvalue weighted by molar-refractivity contribution is -0.156. The number of rotatable bonds is 15. The number of halogens is 1. The Bertz CT molecular complexity index is 507. The fourth-order valence-corrected chi connectivity index (χ4v) is 3.51. The second-order valence-corrected chi connectivity index (χ2v) is 7.45. The van der Waals surface area contributed by atoms with Crippen LogP contribution in [0.1, 0.15) is 58.4 Å². The van der Waals surface area contributed by atoms with Crippen LogP contribution < -0.4 is 4.90 Å². The molecule has 0 saturated carbocycles. The Morgan fingerprint density at radius 1 is 1.00 bits per heavy atom. The van der Waals surface area contributed by atoms with E-state index in [1.807, 2.05) is 13.8 Å². The first kappa shape index (κ1) is 24.0. The molecular formula is C22H36BrNO3. The van der Waals surface area contributed by atoms with E-state index in [9.17, 15) is 4.79 Å². The van der Waals surface area contributed by atoms with Gasteiger partial charge >= 0.3 is 5.97 Å². The first-order valence-electron chi connectivity index (χ1n) is 10.3. The van der Waals surface area contributed by atoms with Crippen molar-refractivity contribution in [2.24, 2.45) is 0 Å². The van der Waals surface area contributed by atoms with E-state index in [0.717, 1.165) is 24.0 Å². The van der Waals surface area contributed by atoms with Crippen LogP contribution >= 0.6 is 15.9 Å². The Hall–Kier alpha value is -1.07. The molecule has 0 aliphatic heterocycles. The van der Waals surface area contributed by atoms with Crippen molar-refractivity contribution in [2.45, 2.75) is 65.4 Å². The number of ether oxygens (including phenoxy) is 2. The van der Waals surface area contributed by atoms with Crippen molar-refractivity contribution < 1.29 is 14.3 Å². The molecule has 0 aliphatic rings. The second-order valence-electron chi connectivity index (χ2n) is 6.66. The van der Waals surface area contributed by atoms with Gasteiger partial charge in [-0.3, -0.25) is 0 Å². The molecule has 154 valence electrons. The van der Waals surface area contributed by atoms with Crippen molar-refractivity contribution in [3.8, 4) is 0 Å². The minimum Gasteiger partial charge on any atom is -0.464 e. The minimum absolute atomic E-state index is 0.281. The summed E-state index contributed by atoms with van der Waals surface area (Å²) in [5.41, 5.74) is 2.32. The smallest absolute Gasteiger partial charge is 0.335 e. The zero-order valence-electron chi connectivity index (χ0n) is 17.2. The van der Waals surface area contributed by atoms with Crippen LogP contribution in [-0.2, 0) is 20.7 Å².